The van der Waals surface area contributed by atoms with E-state index in [4.69, 9.17) is 16.7 Å². The molecule has 0 saturated carbocycles. The highest BCUT2D eigenvalue weighted by atomic mass is 35.5. The molecule has 0 fully saturated rings. The zero-order valence-corrected chi connectivity index (χ0v) is 10.5. The summed E-state index contributed by atoms with van der Waals surface area (Å²) >= 11 is 5.73. The Morgan fingerprint density at radius 1 is 1.20 bits per heavy atom. The molecule has 110 valence electrons. The van der Waals surface area contributed by atoms with Crippen molar-refractivity contribution in [3.05, 3.63) is 22.7 Å². The van der Waals surface area contributed by atoms with Gasteiger partial charge in [0.25, 0.3) is 0 Å². The van der Waals surface area contributed by atoms with E-state index in [1.165, 1.54) is 6.92 Å². The molecule has 1 unspecified atom stereocenters. The summed E-state index contributed by atoms with van der Waals surface area (Å²) in [4.78, 5) is 10.9. The summed E-state index contributed by atoms with van der Waals surface area (Å²) in [6.45, 7) is 1.26. The smallest absolute Gasteiger partial charge is 0.481 e. The Labute approximate surface area is 114 Å². The van der Waals surface area contributed by atoms with Gasteiger partial charge in [-0.25, -0.2) is 0 Å². The fraction of sp³-hybridized carbons (Fsp3) is 0.364. The zero-order chi connectivity index (χ0) is 15.3. The standard InChI is InChI=1S/C11H7ClF4O4/c1-4(9(17)18)5-2-7-8(3-6(5)12)20-11(15,16)10(13,14)19-7/h2-4H,1H3,(H,17,18). The Kier molecular flexibility index (Phi) is 3.24. The molecule has 0 amide bonds. The molecule has 1 heterocycles. The third-order valence-electron chi connectivity index (χ3n) is 2.72. The molecule has 1 N–H and O–H groups in total. The second kappa shape index (κ2) is 4.41. The number of fused-ring (bicyclic) bond motifs is 1. The number of ether oxygens (including phenoxy) is 2. The average Bonchev–Trinajstić information content (AvgIpc) is 2.29. The number of rotatable bonds is 2. The molecule has 0 aliphatic carbocycles. The monoisotopic (exact) mass is 314 g/mol. The minimum atomic E-state index is -4.86. The van der Waals surface area contributed by atoms with Gasteiger partial charge in [0.05, 0.1) is 5.92 Å². The van der Waals surface area contributed by atoms with Gasteiger partial charge in [-0.05, 0) is 18.6 Å². The van der Waals surface area contributed by atoms with Crippen LogP contribution < -0.4 is 9.47 Å². The van der Waals surface area contributed by atoms with Crippen molar-refractivity contribution in [3.63, 3.8) is 0 Å². The maximum absolute atomic E-state index is 13.0. The number of halogens is 5. The van der Waals surface area contributed by atoms with Crippen molar-refractivity contribution in [1.82, 2.24) is 0 Å². The number of carbonyl (C=O) groups is 1. The molecule has 20 heavy (non-hydrogen) atoms. The van der Waals surface area contributed by atoms with E-state index in [1.807, 2.05) is 0 Å². The van der Waals surface area contributed by atoms with Gasteiger partial charge in [-0.15, -0.1) is 0 Å². The predicted molar refractivity (Wildman–Crippen MR) is 58.7 cm³/mol. The SMILES string of the molecule is CC(C(=O)O)c1cc2c(cc1Cl)OC(F)(F)C(F)(F)O2. The lowest BCUT2D eigenvalue weighted by molar-refractivity contribution is -0.391. The molecule has 0 bridgehead atoms. The molecule has 0 radical (unpaired) electrons. The van der Waals surface area contributed by atoms with Crippen LogP contribution in [-0.2, 0) is 4.79 Å². The van der Waals surface area contributed by atoms with Gasteiger partial charge in [-0.3, -0.25) is 4.79 Å². The second-order valence-corrected chi connectivity index (χ2v) is 4.53. The van der Waals surface area contributed by atoms with Crippen molar-refractivity contribution in [3.8, 4) is 11.5 Å². The third kappa shape index (κ3) is 2.24. The Morgan fingerprint density at radius 3 is 2.10 bits per heavy atom. The Morgan fingerprint density at radius 2 is 1.65 bits per heavy atom. The number of aliphatic carboxylic acids is 1. The zero-order valence-electron chi connectivity index (χ0n) is 9.79. The van der Waals surface area contributed by atoms with Crippen LogP contribution >= 0.6 is 11.6 Å². The summed E-state index contributed by atoms with van der Waals surface area (Å²) in [6.07, 6.45) is -9.71. The van der Waals surface area contributed by atoms with Crippen LogP contribution in [0.3, 0.4) is 0 Å². The lowest BCUT2D eigenvalue weighted by Crippen LogP contribution is -2.52. The Hall–Kier alpha value is -1.70. The third-order valence-corrected chi connectivity index (χ3v) is 3.04. The summed E-state index contributed by atoms with van der Waals surface area (Å²) in [5.41, 5.74) is -0.0532. The van der Waals surface area contributed by atoms with Crippen LogP contribution in [0.5, 0.6) is 11.5 Å². The van der Waals surface area contributed by atoms with E-state index in [0.29, 0.717) is 0 Å². The van der Waals surface area contributed by atoms with Crippen LogP contribution in [0.4, 0.5) is 17.6 Å². The number of alkyl halides is 4. The number of hydrogen-bond acceptors (Lipinski definition) is 3. The summed E-state index contributed by atoms with van der Waals surface area (Å²) < 4.78 is 59.7. The number of hydrogen-bond donors (Lipinski definition) is 1. The van der Waals surface area contributed by atoms with Crippen molar-refractivity contribution < 1.29 is 36.9 Å². The first-order chi connectivity index (χ1) is 9.05. The van der Waals surface area contributed by atoms with E-state index in [2.05, 4.69) is 9.47 Å². The summed E-state index contributed by atoms with van der Waals surface area (Å²) in [6, 6.07) is 1.66. The molecule has 9 heteroatoms. The first-order valence-corrected chi connectivity index (χ1v) is 5.63. The molecule has 0 saturated heterocycles. The molecule has 0 aromatic heterocycles. The Bertz CT molecular complexity index is 576. The molecule has 4 nitrogen and oxygen atoms in total. The normalized spacial score (nSPS) is 20.3. The highest BCUT2D eigenvalue weighted by Crippen LogP contribution is 2.49. The van der Waals surface area contributed by atoms with Gasteiger partial charge >= 0.3 is 18.2 Å². The summed E-state index contributed by atoms with van der Waals surface area (Å²) in [5.74, 6) is -3.78. The van der Waals surface area contributed by atoms with E-state index >= 15 is 0 Å². The molecule has 1 aliphatic rings. The molecule has 0 spiro atoms. The van der Waals surface area contributed by atoms with Crippen LogP contribution in [-0.4, -0.2) is 23.3 Å². The number of carboxylic acid groups (broad SMARTS) is 1. The van der Waals surface area contributed by atoms with Crippen LogP contribution in [0.15, 0.2) is 12.1 Å². The van der Waals surface area contributed by atoms with Crippen LogP contribution in [0.2, 0.25) is 5.02 Å². The molecular formula is C11H7ClF4O4. The first-order valence-electron chi connectivity index (χ1n) is 5.25. The van der Waals surface area contributed by atoms with Gasteiger partial charge in [0.1, 0.15) is 0 Å². The van der Waals surface area contributed by atoms with Crippen LogP contribution in [0, 0.1) is 0 Å². The summed E-state index contributed by atoms with van der Waals surface area (Å²) in [5, 5.41) is 8.65. The van der Waals surface area contributed by atoms with Crippen molar-refractivity contribution in [2.24, 2.45) is 0 Å². The van der Waals surface area contributed by atoms with Crippen molar-refractivity contribution in [2.45, 2.75) is 25.1 Å². The van der Waals surface area contributed by atoms with Gasteiger partial charge in [0.15, 0.2) is 11.5 Å². The van der Waals surface area contributed by atoms with E-state index in [0.717, 1.165) is 12.1 Å². The molecule has 1 aliphatic heterocycles. The van der Waals surface area contributed by atoms with Crippen molar-refractivity contribution >= 4 is 17.6 Å². The molecule has 2 rings (SSSR count). The molecule has 1 aromatic carbocycles. The predicted octanol–water partition coefficient (Wildman–Crippen LogP) is 3.48. The van der Waals surface area contributed by atoms with E-state index in [1.54, 1.807) is 0 Å². The number of benzene rings is 1. The molecule has 1 aromatic rings. The fourth-order valence-electron chi connectivity index (χ4n) is 1.57. The minimum absolute atomic E-state index is 0.0532. The van der Waals surface area contributed by atoms with E-state index in [-0.39, 0.29) is 10.6 Å². The highest BCUT2D eigenvalue weighted by molar-refractivity contribution is 6.31. The topological polar surface area (TPSA) is 55.8 Å². The molecular weight excluding hydrogens is 308 g/mol. The van der Waals surface area contributed by atoms with Crippen LogP contribution in [0.25, 0.3) is 0 Å². The van der Waals surface area contributed by atoms with E-state index in [9.17, 15) is 22.4 Å². The van der Waals surface area contributed by atoms with Crippen LogP contribution in [0.1, 0.15) is 18.4 Å². The molecule has 1 atom stereocenters. The lowest BCUT2D eigenvalue weighted by atomic mass is 10.0. The lowest BCUT2D eigenvalue weighted by Gasteiger charge is -2.32. The maximum atomic E-state index is 13.0. The van der Waals surface area contributed by atoms with Gasteiger partial charge in [-0.2, -0.15) is 17.6 Å². The van der Waals surface area contributed by atoms with E-state index < -0.39 is 35.6 Å². The minimum Gasteiger partial charge on any atom is -0.481 e. The van der Waals surface area contributed by atoms with Crippen molar-refractivity contribution in [1.29, 1.82) is 0 Å². The Balaban J connectivity index is 2.50. The van der Waals surface area contributed by atoms with Gasteiger partial charge in [0.2, 0.25) is 0 Å². The first kappa shape index (κ1) is 14.7. The fourth-order valence-corrected chi connectivity index (χ4v) is 1.89. The summed E-state index contributed by atoms with van der Waals surface area (Å²) in [7, 11) is 0. The number of carboxylic acids is 1. The maximum Gasteiger partial charge on any atom is 0.507 e. The van der Waals surface area contributed by atoms with Gasteiger partial charge in [0, 0.05) is 11.1 Å². The largest absolute Gasteiger partial charge is 0.507 e. The average molecular weight is 315 g/mol. The van der Waals surface area contributed by atoms with Gasteiger partial charge in [-0.1, -0.05) is 11.6 Å². The second-order valence-electron chi connectivity index (χ2n) is 4.12. The highest BCUT2D eigenvalue weighted by Gasteiger charge is 2.66. The quantitative estimate of drug-likeness (QED) is 0.849. The van der Waals surface area contributed by atoms with Crippen molar-refractivity contribution in [2.75, 3.05) is 0 Å². The van der Waals surface area contributed by atoms with Gasteiger partial charge < -0.3 is 14.6 Å².